The van der Waals surface area contributed by atoms with Crippen molar-refractivity contribution in [1.29, 1.82) is 0 Å². The van der Waals surface area contributed by atoms with Gasteiger partial charge < -0.3 is 9.32 Å². The van der Waals surface area contributed by atoms with E-state index in [1.165, 1.54) is 12.1 Å². The van der Waals surface area contributed by atoms with Gasteiger partial charge in [-0.25, -0.2) is 4.68 Å². The van der Waals surface area contributed by atoms with E-state index in [2.05, 4.69) is 5.10 Å². The average Bonchev–Trinajstić information content (AvgIpc) is 3.41. The fourth-order valence-electron chi connectivity index (χ4n) is 3.07. The summed E-state index contributed by atoms with van der Waals surface area (Å²) in [5.74, 6) is -0.318. The van der Waals surface area contributed by atoms with Crippen molar-refractivity contribution in [3.63, 3.8) is 0 Å². The van der Waals surface area contributed by atoms with Gasteiger partial charge in [-0.1, -0.05) is 18.2 Å². The number of para-hydroxylation sites is 1. The Morgan fingerprint density at radius 2 is 1.85 bits per heavy atom. The predicted molar refractivity (Wildman–Crippen MR) is 93.1 cm³/mol. The predicted octanol–water partition coefficient (Wildman–Crippen LogP) is 3.28. The van der Waals surface area contributed by atoms with Crippen LogP contribution < -0.4 is 0 Å². The molecule has 1 aliphatic heterocycles. The first kappa shape index (κ1) is 16.1. The van der Waals surface area contributed by atoms with Crippen LogP contribution in [0.5, 0.6) is 0 Å². The first-order valence-electron chi connectivity index (χ1n) is 8.32. The zero-order valence-electron chi connectivity index (χ0n) is 13.9. The molecule has 1 fully saturated rings. The van der Waals surface area contributed by atoms with E-state index in [9.17, 15) is 14.9 Å². The number of likely N-dealkylation sites (tertiary alicyclic amines) is 1. The molecule has 0 unspecified atom stereocenters. The molecule has 0 spiro atoms. The number of carbonyl (C=O) groups excluding carboxylic acids is 1. The van der Waals surface area contributed by atoms with Gasteiger partial charge in [-0.05, 0) is 31.0 Å². The molecule has 0 N–H and O–H groups in total. The van der Waals surface area contributed by atoms with Gasteiger partial charge in [0.25, 0.3) is 5.91 Å². The lowest BCUT2D eigenvalue weighted by Crippen LogP contribution is -2.27. The Hall–Kier alpha value is -3.42. The zero-order chi connectivity index (χ0) is 18.1. The fourth-order valence-corrected chi connectivity index (χ4v) is 3.07. The van der Waals surface area contributed by atoms with Gasteiger partial charge in [-0.15, -0.1) is 0 Å². The van der Waals surface area contributed by atoms with E-state index in [1.807, 2.05) is 30.3 Å². The van der Waals surface area contributed by atoms with Crippen LogP contribution in [-0.4, -0.2) is 38.6 Å². The molecule has 26 heavy (non-hydrogen) atoms. The molecular weight excluding hydrogens is 336 g/mol. The molecule has 132 valence electrons. The van der Waals surface area contributed by atoms with Crippen LogP contribution in [0.2, 0.25) is 0 Å². The molecule has 0 bridgehead atoms. The highest BCUT2D eigenvalue weighted by Crippen LogP contribution is 2.30. The van der Waals surface area contributed by atoms with Crippen LogP contribution in [-0.2, 0) is 0 Å². The third-order valence-corrected chi connectivity index (χ3v) is 4.36. The summed E-state index contributed by atoms with van der Waals surface area (Å²) in [5, 5.41) is 15.4. The van der Waals surface area contributed by atoms with Gasteiger partial charge in [0.1, 0.15) is 10.6 Å². The number of nitrogens with zero attached hydrogens (tertiary/aromatic N) is 4. The van der Waals surface area contributed by atoms with E-state index in [-0.39, 0.29) is 17.6 Å². The van der Waals surface area contributed by atoms with Gasteiger partial charge in [-0.3, -0.25) is 14.9 Å². The van der Waals surface area contributed by atoms with Crippen molar-refractivity contribution in [3.05, 3.63) is 64.3 Å². The second kappa shape index (κ2) is 6.47. The second-order valence-corrected chi connectivity index (χ2v) is 6.07. The Kier molecular flexibility index (Phi) is 4.00. The van der Waals surface area contributed by atoms with Crippen molar-refractivity contribution in [2.75, 3.05) is 13.1 Å². The van der Waals surface area contributed by atoms with Crippen molar-refractivity contribution < 1.29 is 14.1 Å². The summed E-state index contributed by atoms with van der Waals surface area (Å²) in [5.41, 5.74) is 1.47. The van der Waals surface area contributed by atoms with Crippen molar-refractivity contribution in [2.45, 2.75) is 12.8 Å². The molecule has 0 aliphatic carbocycles. The summed E-state index contributed by atoms with van der Waals surface area (Å²) >= 11 is 0. The topological polar surface area (TPSA) is 94.4 Å². The molecule has 1 amide bonds. The highest BCUT2D eigenvalue weighted by molar-refractivity contribution is 5.99. The zero-order valence-corrected chi connectivity index (χ0v) is 13.9. The van der Waals surface area contributed by atoms with Crippen LogP contribution in [0, 0.1) is 10.1 Å². The maximum Gasteiger partial charge on any atom is 0.433 e. The fraction of sp³-hybridized carbons (Fsp3) is 0.222. The number of hydrogen-bond donors (Lipinski definition) is 0. The summed E-state index contributed by atoms with van der Waals surface area (Å²) in [6.45, 7) is 1.40. The van der Waals surface area contributed by atoms with Gasteiger partial charge in [0, 0.05) is 19.3 Å². The largest absolute Gasteiger partial charge is 0.433 e. The van der Waals surface area contributed by atoms with E-state index in [1.54, 1.807) is 15.8 Å². The Morgan fingerprint density at radius 3 is 2.50 bits per heavy atom. The van der Waals surface area contributed by atoms with Gasteiger partial charge in [-0.2, -0.15) is 5.10 Å². The Bertz CT molecular complexity index is 955. The molecule has 0 radical (unpaired) electrons. The summed E-state index contributed by atoms with van der Waals surface area (Å²) in [7, 11) is 0. The number of nitro groups is 1. The molecule has 1 saturated heterocycles. The molecule has 4 rings (SSSR count). The van der Waals surface area contributed by atoms with Crippen LogP contribution in [0.1, 0.15) is 23.2 Å². The van der Waals surface area contributed by atoms with E-state index >= 15 is 0 Å². The number of rotatable bonds is 4. The van der Waals surface area contributed by atoms with Crippen molar-refractivity contribution in [3.8, 4) is 17.1 Å². The smallest absolute Gasteiger partial charge is 0.399 e. The molecular formula is C18H16N4O4. The number of aromatic nitrogens is 2. The van der Waals surface area contributed by atoms with E-state index in [0.717, 1.165) is 18.5 Å². The lowest BCUT2D eigenvalue weighted by molar-refractivity contribution is -0.401. The van der Waals surface area contributed by atoms with E-state index in [0.29, 0.717) is 24.3 Å². The lowest BCUT2D eigenvalue weighted by atomic mass is 10.2. The summed E-state index contributed by atoms with van der Waals surface area (Å²) in [4.78, 5) is 25.0. The molecule has 1 aromatic carbocycles. The number of hydrogen-bond acceptors (Lipinski definition) is 5. The van der Waals surface area contributed by atoms with Crippen LogP contribution in [0.4, 0.5) is 5.88 Å². The average molecular weight is 352 g/mol. The number of furan rings is 1. The minimum Gasteiger partial charge on any atom is -0.399 e. The third-order valence-electron chi connectivity index (χ3n) is 4.36. The van der Waals surface area contributed by atoms with Crippen LogP contribution in [0.25, 0.3) is 17.1 Å². The highest BCUT2D eigenvalue weighted by atomic mass is 16.6. The maximum atomic E-state index is 12.9. The number of carbonyl (C=O) groups is 1. The van der Waals surface area contributed by atoms with Gasteiger partial charge in [0.15, 0.2) is 5.76 Å². The molecule has 8 nitrogen and oxygen atoms in total. The molecule has 3 aromatic rings. The first-order chi connectivity index (χ1) is 12.6. The van der Waals surface area contributed by atoms with Crippen LogP contribution in [0.3, 0.4) is 0 Å². The second-order valence-electron chi connectivity index (χ2n) is 6.07. The minimum atomic E-state index is -0.611. The van der Waals surface area contributed by atoms with Gasteiger partial charge in [0.05, 0.1) is 17.3 Å². The standard InChI is InChI=1S/C18H16N4O4/c23-18(20-10-4-5-11-20)14-12-21(13-6-2-1-3-7-13)19-17(14)15-8-9-16(26-15)22(24)25/h1-3,6-9,12H,4-5,10-11H2. The Labute approximate surface area is 148 Å². The normalized spacial score (nSPS) is 13.9. The van der Waals surface area contributed by atoms with E-state index in [4.69, 9.17) is 4.42 Å². The molecule has 0 atom stereocenters. The van der Waals surface area contributed by atoms with Crippen molar-refractivity contribution in [1.82, 2.24) is 14.7 Å². The third kappa shape index (κ3) is 2.85. The molecule has 0 saturated carbocycles. The molecule has 3 heterocycles. The summed E-state index contributed by atoms with van der Waals surface area (Å²) in [6, 6.07) is 12.1. The molecule has 2 aromatic heterocycles. The van der Waals surface area contributed by atoms with Crippen molar-refractivity contribution in [2.24, 2.45) is 0 Å². The van der Waals surface area contributed by atoms with Gasteiger partial charge in [0.2, 0.25) is 0 Å². The maximum absolute atomic E-state index is 12.9. The molecule has 8 heteroatoms. The van der Waals surface area contributed by atoms with Crippen LogP contribution in [0.15, 0.2) is 53.1 Å². The van der Waals surface area contributed by atoms with Gasteiger partial charge >= 0.3 is 5.88 Å². The minimum absolute atomic E-state index is 0.140. The first-order valence-corrected chi connectivity index (χ1v) is 8.32. The quantitative estimate of drug-likeness (QED) is 0.530. The highest BCUT2D eigenvalue weighted by Gasteiger charge is 2.27. The molecule has 1 aliphatic rings. The summed E-state index contributed by atoms with van der Waals surface area (Å²) < 4.78 is 6.88. The van der Waals surface area contributed by atoms with E-state index < -0.39 is 4.92 Å². The number of amides is 1. The summed E-state index contributed by atoms with van der Waals surface area (Å²) in [6.07, 6.45) is 3.60. The SMILES string of the molecule is O=C(c1cn(-c2ccccc2)nc1-c1ccc([N+](=O)[O-])o1)N1CCCC1. The monoisotopic (exact) mass is 352 g/mol. The van der Waals surface area contributed by atoms with Crippen LogP contribution >= 0.6 is 0 Å². The lowest BCUT2D eigenvalue weighted by Gasteiger charge is -2.14. The Morgan fingerprint density at radius 1 is 1.12 bits per heavy atom. The van der Waals surface area contributed by atoms with Crippen molar-refractivity contribution >= 4 is 11.8 Å². The number of benzene rings is 1. The Balaban J connectivity index is 1.80.